The van der Waals surface area contributed by atoms with Crippen LogP contribution in [0, 0.1) is 5.92 Å². The molecule has 0 bridgehead atoms. The molecule has 3 N–H and O–H groups in total. The first-order valence-corrected chi connectivity index (χ1v) is 16.7. The molecule has 3 atom stereocenters. The monoisotopic (exact) mass is 606 g/mol. The van der Waals surface area contributed by atoms with Crippen molar-refractivity contribution in [1.29, 1.82) is 0 Å². The molecular weight excluding hydrogens is 566 g/mol. The van der Waals surface area contributed by atoms with Gasteiger partial charge in [0.15, 0.2) is 6.61 Å². The Hall–Kier alpha value is -2.56. The first-order chi connectivity index (χ1) is 18.8. The standard InChI is InChI=1S/C25H40N2O11P2/c1-6-20(28)15-19(14-18-10-12-21(13-11-18)35-17-23(30)31)24(32)26-16-22(29)27-25(39(5,33)36-7-2)40(34,37-8-3)38-9-4/h10-13,19,25H,6-9,14-17H2,1-5H3,(H,26,32)(H,27,29)(H,30,31)/t19-,25?,39?/m1/s1. The maximum atomic E-state index is 13.4. The van der Waals surface area contributed by atoms with Gasteiger partial charge in [-0.2, -0.15) is 0 Å². The molecular formula is C25H40N2O11P2. The van der Waals surface area contributed by atoms with Crippen molar-refractivity contribution in [3.05, 3.63) is 29.8 Å². The lowest BCUT2D eigenvalue weighted by atomic mass is 9.92. The van der Waals surface area contributed by atoms with E-state index < -0.39 is 57.3 Å². The van der Waals surface area contributed by atoms with Crippen LogP contribution in [0.2, 0.25) is 0 Å². The fourth-order valence-electron chi connectivity index (χ4n) is 3.65. The molecule has 0 fully saturated rings. The number of hydrogen-bond donors (Lipinski definition) is 3. The van der Waals surface area contributed by atoms with Crippen LogP contribution in [0.15, 0.2) is 24.3 Å². The van der Waals surface area contributed by atoms with Crippen molar-refractivity contribution in [2.24, 2.45) is 5.92 Å². The van der Waals surface area contributed by atoms with Crippen LogP contribution in [0.3, 0.4) is 0 Å². The van der Waals surface area contributed by atoms with E-state index in [9.17, 15) is 28.3 Å². The molecule has 0 aliphatic heterocycles. The van der Waals surface area contributed by atoms with Gasteiger partial charge in [-0.05, 0) is 44.9 Å². The van der Waals surface area contributed by atoms with Gasteiger partial charge in [0.2, 0.25) is 24.7 Å². The van der Waals surface area contributed by atoms with Crippen molar-refractivity contribution >= 4 is 38.5 Å². The highest BCUT2D eigenvalue weighted by Crippen LogP contribution is 2.67. The molecule has 0 saturated heterocycles. The molecule has 13 nitrogen and oxygen atoms in total. The van der Waals surface area contributed by atoms with E-state index in [1.165, 1.54) is 6.66 Å². The van der Waals surface area contributed by atoms with Crippen LogP contribution in [-0.4, -0.2) is 73.8 Å². The summed E-state index contributed by atoms with van der Waals surface area (Å²) in [6.45, 7) is 6.52. The largest absolute Gasteiger partial charge is 0.482 e. The summed E-state index contributed by atoms with van der Waals surface area (Å²) in [5, 5.41) is 13.6. The second-order valence-electron chi connectivity index (χ2n) is 8.68. The van der Waals surface area contributed by atoms with Gasteiger partial charge in [-0.25, -0.2) is 4.79 Å². The Morgan fingerprint density at radius 3 is 2.00 bits per heavy atom. The minimum Gasteiger partial charge on any atom is -0.482 e. The number of hydrogen-bond acceptors (Lipinski definition) is 10. The number of ketones is 1. The Bertz CT molecular complexity index is 1080. The van der Waals surface area contributed by atoms with Crippen LogP contribution in [-0.2, 0) is 48.3 Å². The van der Waals surface area contributed by atoms with Crippen LogP contribution in [0.25, 0.3) is 0 Å². The summed E-state index contributed by atoms with van der Waals surface area (Å²) < 4.78 is 47.6. The van der Waals surface area contributed by atoms with E-state index in [1.807, 2.05) is 0 Å². The van der Waals surface area contributed by atoms with E-state index >= 15 is 0 Å². The van der Waals surface area contributed by atoms with Gasteiger partial charge < -0.3 is 34.0 Å². The molecule has 15 heteroatoms. The fourth-order valence-corrected chi connectivity index (χ4v) is 8.72. The topological polar surface area (TPSA) is 184 Å². The Kier molecular flexibility index (Phi) is 15.3. The second kappa shape index (κ2) is 17.3. The summed E-state index contributed by atoms with van der Waals surface area (Å²) in [4.78, 5) is 48.7. The fraction of sp³-hybridized carbons (Fsp3) is 0.600. The summed E-state index contributed by atoms with van der Waals surface area (Å²) in [5.41, 5.74) is -0.905. The van der Waals surface area contributed by atoms with Crippen molar-refractivity contribution in [3.63, 3.8) is 0 Å². The SMILES string of the molecule is CCOP(C)(=O)C(NC(=O)CNC(=O)[C@@H](CC(=O)CC)Cc1ccc(OCC(=O)O)cc1)P(=O)(OCC)OCC. The zero-order valence-corrected chi connectivity index (χ0v) is 25.3. The van der Waals surface area contributed by atoms with Gasteiger partial charge in [-0.15, -0.1) is 0 Å². The van der Waals surface area contributed by atoms with Crippen LogP contribution in [0.4, 0.5) is 0 Å². The zero-order valence-electron chi connectivity index (χ0n) is 23.5. The van der Waals surface area contributed by atoms with Crippen LogP contribution in [0.1, 0.15) is 46.1 Å². The molecule has 0 saturated carbocycles. The smallest absolute Gasteiger partial charge is 0.362 e. The number of nitrogens with one attached hydrogen (secondary N) is 2. The third-order valence-corrected chi connectivity index (χ3v) is 11.3. The minimum absolute atomic E-state index is 0.0228. The summed E-state index contributed by atoms with van der Waals surface area (Å²) in [6, 6.07) is 6.41. The highest BCUT2D eigenvalue weighted by molar-refractivity contribution is 7.74. The van der Waals surface area contributed by atoms with E-state index in [1.54, 1.807) is 52.0 Å². The molecule has 2 amide bonds. The lowest BCUT2D eigenvalue weighted by molar-refractivity contribution is -0.139. The molecule has 1 rings (SSSR count). The third kappa shape index (κ3) is 11.9. The maximum absolute atomic E-state index is 13.4. The molecule has 0 aliphatic carbocycles. The molecule has 0 spiro atoms. The van der Waals surface area contributed by atoms with Gasteiger partial charge in [0.1, 0.15) is 11.5 Å². The normalized spacial score (nSPS) is 14.4. The average Bonchev–Trinajstić information content (AvgIpc) is 2.89. The Morgan fingerprint density at radius 1 is 0.925 bits per heavy atom. The minimum atomic E-state index is -4.10. The molecule has 1 aromatic rings. The summed E-state index contributed by atoms with van der Waals surface area (Å²) in [6.07, 6.45) is 0.322. The van der Waals surface area contributed by atoms with E-state index in [0.29, 0.717) is 11.3 Å². The second-order valence-corrected chi connectivity index (χ2v) is 13.8. The number of carbonyl (C=O) groups is 4. The summed E-state index contributed by atoms with van der Waals surface area (Å²) in [7, 11) is -7.84. The Labute approximate surface area is 234 Å². The number of aliphatic carboxylic acids is 1. The van der Waals surface area contributed by atoms with E-state index in [2.05, 4.69) is 10.6 Å². The molecule has 0 aliphatic rings. The first-order valence-electron chi connectivity index (χ1n) is 12.9. The molecule has 0 heterocycles. The number of amides is 2. The molecule has 2 unspecified atom stereocenters. The molecule has 40 heavy (non-hydrogen) atoms. The number of carboxylic acid groups (broad SMARTS) is 1. The lowest BCUT2D eigenvalue weighted by Crippen LogP contribution is -2.44. The maximum Gasteiger partial charge on any atom is 0.362 e. The van der Waals surface area contributed by atoms with Crippen molar-refractivity contribution in [1.82, 2.24) is 10.6 Å². The quantitative estimate of drug-likeness (QED) is 0.185. The Balaban J connectivity index is 3.00. The van der Waals surface area contributed by atoms with Gasteiger partial charge >= 0.3 is 13.6 Å². The van der Waals surface area contributed by atoms with Gasteiger partial charge in [0.25, 0.3) is 0 Å². The van der Waals surface area contributed by atoms with Crippen LogP contribution >= 0.6 is 15.0 Å². The molecule has 0 aromatic heterocycles. The summed E-state index contributed by atoms with van der Waals surface area (Å²) in [5.74, 6) is -3.11. The number of ether oxygens (including phenoxy) is 1. The number of carbonyl (C=O) groups excluding carboxylic acids is 3. The van der Waals surface area contributed by atoms with Gasteiger partial charge in [-0.3, -0.25) is 23.5 Å². The van der Waals surface area contributed by atoms with Crippen LogP contribution < -0.4 is 15.4 Å². The predicted molar refractivity (Wildman–Crippen MR) is 148 cm³/mol. The number of Topliss-reactive ketones (excluding diaryl/α,β-unsaturated/α-hetero) is 1. The first kappa shape index (κ1) is 35.5. The van der Waals surface area contributed by atoms with Crippen molar-refractivity contribution in [2.75, 3.05) is 39.6 Å². The predicted octanol–water partition coefficient (Wildman–Crippen LogP) is 3.40. The molecule has 0 radical (unpaired) electrons. The van der Waals surface area contributed by atoms with Crippen LogP contribution in [0.5, 0.6) is 5.75 Å². The van der Waals surface area contributed by atoms with Gasteiger partial charge in [0.05, 0.1) is 26.4 Å². The molecule has 226 valence electrons. The number of benzene rings is 1. The number of carboxylic acids is 1. The van der Waals surface area contributed by atoms with E-state index in [0.717, 1.165) is 0 Å². The van der Waals surface area contributed by atoms with E-state index in [4.69, 9.17) is 23.4 Å². The highest BCUT2D eigenvalue weighted by atomic mass is 31.2. The van der Waals surface area contributed by atoms with Crippen molar-refractivity contribution in [3.8, 4) is 5.75 Å². The van der Waals surface area contributed by atoms with E-state index in [-0.39, 0.29) is 44.9 Å². The average molecular weight is 607 g/mol. The third-order valence-electron chi connectivity index (χ3n) is 5.47. The van der Waals surface area contributed by atoms with Gasteiger partial charge in [0, 0.05) is 25.4 Å². The zero-order chi connectivity index (χ0) is 30.3. The highest BCUT2D eigenvalue weighted by Gasteiger charge is 2.48. The number of rotatable bonds is 20. The summed E-state index contributed by atoms with van der Waals surface area (Å²) >= 11 is 0. The van der Waals surface area contributed by atoms with Crippen molar-refractivity contribution < 1.29 is 51.7 Å². The molecule has 1 aromatic carbocycles. The Morgan fingerprint density at radius 2 is 1.50 bits per heavy atom. The van der Waals surface area contributed by atoms with Gasteiger partial charge in [-0.1, -0.05) is 19.1 Å². The van der Waals surface area contributed by atoms with Crippen molar-refractivity contribution in [2.45, 2.75) is 52.5 Å². The lowest BCUT2D eigenvalue weighted by Gasteiger charge is -2.30.